The van der Waals surface area contributed by atoms with E-state index < -0.39 is 18.2 Å². The second-order valence-corrected chi connectivity index (χ2v) is 4.55. The fourth-order valence-electron chi connectivity index (χ4n) is 1.33. The first-order valence-corrected chi connectivity index (χ1v) is 6.49. The van der Waals surface area contributed by atoms with E-state index in [0.29, 0.717) is 3.57 Å². The van der Waals surface area contributed by atoms with Crippen LogP contribution < -0.4 is 9.47 Å². The lowest BCUT2D eigenvalue weighted by Crippen LogP contribution is -2.19. The van der Waals surface area contributed by atoms with E-state index in [-0.39, 0.29) is 24.5 Å². The van der Waals surface area contributed by atoms with Gasteiger partial charge in [0.15, 0.2) is 0 Å². The van der Waals surface area contributed by atoms with E-state index in [1.54, 1.807) is 6.92 Å². The zero-order valence-electron chi connectivity index (χ0n) is 10.6. The van der Waals surface area contributed by atoms with E-state index in [0.717, 1.165) is 6.07 Å². The van der Waals surface area contributed by atoms with Crippen LogP contribution in [0.15, 0.2) is 6.07 Å². The Bertz CT molecular complexity index is 493. The minimum atomic E-state index is -4.87. The smallest absolute Gasteiger partial charge is 0.480 e. The molecule has 9 heteroatoms. The molecule has 0 N–H and O–H groups in total. The Morgan fingerprint density at radius 2 is 2.10 bits per heavy atom. The molecule has 1 heterocycles. The van der Waals surface area contributed by atoms with Crippen LogP contribution in [0.2, 0.25) is 0 Å². The molecule has 0 spiro atoms. The van der Waals surface area contributed by atoms with Crippen molar-refractivity contribution in [1.82, 2.24) is 4.98 Å². The SMILES string of the molecule is CCOC(=O)Cc1cc(OC(F)(F)F)nc(OC)c1I. The second kappa shape index (κ2) is 6.95. The lowest BCUT2D eigenvalue weighted by molar-refractivity contribution is -0.276. The van der Waals surface area contributed by atoms with Gasteiger partial charge in [-0.25, -0.2) is 0 Å². The summed E-state index contributed by atoms with van der Waals surface area (Å²) >= 11 is 1.82. The molecule has 1 rings (SSSR count). The highest BCUT2D eigenvalue weighted by Gasteiger charge is 2.32. The number of hydrogen-bond acceptors (Lipinski definition) is 5. The van der Waals surface area contributed by atoms with Crippen molar-refractivity contribution in [1.29, 1.82) is 0 Å². The summed E-state index contributed by atoms with van der Waals surface area (Å²) in [6, 6.07) is 1.04. The molecule has 0 atom stereocenters. The maximum atomic E-state index is 12.2. The van der Waals surface area contributed by atoms with E-state index in [1.165, 1.54) is 7.11 Å². The number of alkyl halides is 3. The van der Waals surface area contributed by atoms with E-state index in [4.69, 9.17) is 9.47 Å². The molecule has 1 aromatic rings. The number of pyridine rings is 1. The van der Waals surface area contributed by atoms with Crippen molar-refractivity contribution in [2.24, 2.45) is 0 Å². The predicted octanol–water partition coefficient (Wildman–Crippen LogP) is 2.70. The van der Waals surface area contributed by atoms with E-state index >= 15 is 0 Å². The van der Waals surface area contributed by atoms with Gasteiger partial charge in [-0.2, -0.15) is 4.98 Å². The van der Waals surface area contributed by atoms with E-state index in [9.17, 15) is 18.0 Å². The van der Waals surface area contributed by atoms with Crippen LogP contribution in [0.25, 0.3) is 0 Å². The molecule has 0 aromatic carbocycles. The minimum absolute atomic E-state index is 0.0494. The van der Waals surface area contributed by atoms with Crippen LogP contribution in [0.5, 0.6) is 11.8 Å². The molecule has 0 amide bonds. The van der Waals surface area contributed by atoms with Crippen LogP contribution in [0.3, 0.4) is 0 Å². The Morgan fingerprint density at radius 3 is 2.60 bits per heavy atom. The Hall–Kier alpha value is -1.26. The van der Waals surface area contributed by atoms with Gasteiger partial charge in [0.25, 0.3) is 0 Å². The van der Waals surface area contributed by atoms with Crippen LogP contribution >= 0.6 is 22.6 Å². The minimum Gasteiger partial charge on any atom is -0.480 e. The maximum Gasteiger partial charge on any atom is 0.574 e. The monoisotopic (exact) mass is 405 g/mol. The van der Waals surface area contributed by atoms with Gasteiger partial charge in [0.2, 0.25) is 11.8 Å². The fraction of sp³-hybridized carbons (Fsp3) is 0.455. The highest BCUT2D eigenvalue weighted by molar-refractivity contribution is 14.1. The number of hydrogen-bond donors (Lipinski definition) is 0. The number of carbonyl (C=O) groups excluding carboxylic acids is 1. The van der Waals surface area contributed by atoms with Crippen LogP contribution in [0.1, 0.15) is 12.5 Å². The van der Waals surface area contributed by atoms with Crippen molar-refractivity contribution in [3.05, 3.63) is 15.2 Å². The van der Waals surface area contributed by atoms with Crippen LogP contribution in [-0.4, -0.2) is 31.0 Å². The molecule has 1 aromatic heterocycles. The van der Waals surface area contributed by atoms with Gasteiger partial charge in [-0.1, -0.05) is 0 Å². The number of methoxy groups -OCH3 is 1. The van der Waals surface area contributed by atoms with Gasteiger partial charge >= 0.3 is 12.3 Å². The van der Waals surface area contributed by atoms with Gasteiger partial charge in [-0.05, 0) is 35.1 Å². The normalized spacial score (nSPS) is 11.1. The zero-order valence-corrected chi connectivity index (χ0v) is 12.7. The first-order chi connectivity index (χ1) is 9.26. The number of aromatic nitrogens is 1. The molecule has 0 radical (unpaired) electrons. The summed E-state index contributed by atoms with van der Waals surface area (Å²) < 4.78 is 50.4. The number of halogens is 4. The Labute approximate surface area is 126 Å². The van der Waals surface area contributed by atoms with Gasteiger partial charge in [-0.3, -0.25) is 4.79 Å². The summed E-state index contributed by atoms with van der Waals surface area (Å²) in [5, 5.41) is 0. The third-order valence-corrected chi connectivity index (χ3v) is 3.19. The van der Waals surface area contributed by atoms with E-state index in [1.807, 2.05) is 22.6 Å². The highest BCUT2D eigenvalue weighted by Crippen LogP contribution is 2.29. The molecule has 0 aliphatic heterocycles. The molecule has 0 saturated carbocycles. The molecular weight excluding hydrogens is 394 g/mol. The number of nitrogens with zero attached hydrogens (tertiary/aromatic N) is 1. The van der Waals surface area contributed by atoms with Gasteiger partial charge in [0, 0.05) is 6.07 Å². The van der Waals surface area contributed by atoms with Crippen LogP contribution in [-0.2, 0) is 16.0 Å². The molecule has 0 aliphatic carbocycles. The summed E-state index contributed by atoms with van der Waals surface area (Å²) in [6.45, 7) is 1.82. The summed E-state index contributed by atoms with van der Waals surface area (Å²) in [5.74, 6) is -1.29. The summed E-state index contributed by atoms with van der Waals surface area (Å²) in [4.78, 5) is 15.0. The number of esters is 1. The molecule has 0 bridgehead atoms. The summed E-state index contributed by atoms with van der Waals surface area (Å²) in [6.07, 6.45) is -5.06. The molecular formula is C11H11F3INO4. The van der Waals surface area contributed by atoms with Gasteiger partial charge < -0.3 is 14.2 Å². The number of rotatable bonds is 5. The first kappa shape index (κ1) is 16.8. The Morgan fingerprint density at radius 1 is 1.45 bits per heavy atom. The Balaban J connectivity index is 3.08. The average molecular weight is 405 g/mol. The fourth-order valence-corrected chi connectivity index (χ4v) is 2.02. The molecule has 0 aliphatic rings. The molecule has 5 nitrogen and oxygen atoms in total. The zero-order chi connectivity index (χ0) is 15.3. The average Bonchev–Trinajstić information content (AvgIpc) is 2.31. The van der Waals surface area contributed by atoms with Crippen molar-refractivity contribution < 1.29 is 32.2 Å². The second-order valence-electron chi connectivity index (χ2n) is 3.47. The third-order valence-electron chi connectivity index (χ3n) is 2.03. The van der Waals surface area contributed by atoms with E-state index in [2.05, 4.69) is 9.72 Å². The Kier molecular flexibility index (Phi) is 5.84. The van der Waals surface area contributed by atoms with Crippen molar-refractivity contribution in [2.45, 2.75) is 19.7 Å². The van der Waals surface area contributed by atoms with Gasteiger partial charge in [-0.15, -0.1) is 13.2 Å². The van der Waals surface area contributed by atoms with Crippen molar-refractivity contribution >= 4 is 28.6 Å². The molecule has 0 saturated heterocycles. The topological polar surface area (TPSA) is 57.7 Å². The molecule has 0 unspecified atom stereocenters. The maximum absolute atomic E-state index is 12.2. The first-order valence-electron chi connectivity index (χ1n) is 5.41. The van der Waals surface area contributed by atoms with Crippen molar-refractivity contribution in [2.75, 3.05) is 13.7 Å². The number of carbonyl (C=O) groups is 1. The van der Waals surface area contributed by atoms with Gasteiger partial charge in [0.1, 0.15) is 0 Å². The van der Waals surface area contributed by atoms with Gasteiger partial charge in [0.05, 0.1) is 23.7 Å². The van der Waals surface area contributed by atoms with Crippen molar-refractivity contribution in [3.63, 3.8) is 0 Å². The molecule has 20 heavy (non-hydrogen) atoms. The van der Waals surface area contributed by atoms with Crippen LogP contribution in [0.4, 0.5) is 13.2 Å². The number of ether oxygens (including phenoxy) is 3. The highest BCUT2D eigenvalue weighted by atomic mass is 127. The van der Waals surface area contributed by atoms with Crippen LogP contribution in [0, 0.1) is 3.57 Å². The molecule has 0 fully saturated rings. The third kappa shape index (κ3) is 5.02. The summed E-state index contributed by atoms with van der Waals surface area (Å²) in [7, 11) is 1.26. The van der Waals surface area contributed by atoms with Crippen molar-refractivity contribution in [3.8, 4) is 11.8 Å². The molecule has 112 valence electrons. The summed E-state index contributed by atoms with van der Waals surface area (Å²) in [5.41, 5.74) is 0.287. The lowest BCUT2D eigenvalue weighted by atomic mass is 10.2. The predicted molar refractivity (Wildman–Crippen MR) is 70.5 cm³/mol. The lowest BCUT2D eigenvalue weighted by Gasteiger charge is -2.13. The standard InChI is InChI=1S/C11H11F3INO4/c1-3-19-8(17)5-6-4-7(20-11(12,13)14)16-10(18-2)9(6)15/h4H,3,5H2,1-2H3. The largest absolute Gasteiger partial charge is 0.574 e. The quantitative estimate of drug-likeness (QED) is 0.557.